The van der Waals surface area contributed by atoms with E-state index in [1.165, 1.54) is 0 Å². The molecule has 86 valence electrons. The molecule has 5 heteroatoms. The van der Waals surface area contributed by atoms with Crippen LogP contribution in [0.5, 0.6) is 0 Å². The number of thiazole rings is 2. The number of nitrogens with zero attached hydrogens (tertiary/aromatic N) is 2. The third-order valence-electron chi connectivity index (χ3n) is 2.40. The predicted octanol–water partition coefficient (Wildman–Crippen LogP) is 3.32. The van der Waals surface area contributed by atoms with Crippen LogP contribution in [0.2, 0.25) is 0 Å². The summed E-state index contributed by atoms with van der Waals surface area (Å²) in [6, 6.07) is 0.542. The van der Waals surface area contributed by atoms with Crippen LogP contribution in [-0.4, -0.2) is 9.97 Å². The van der Waals surface area contributed by atoms with Crippen LogP contribution in [0.25, 0.3) is 0 Å². The molecule has 0 bridgehead atoms. The Hall–Kier alpha value is -0.780. The number of rotatable bonds is 4. The van der Waals surface area contributed by atoms with Crippen LogP contribution in [-0.2, 0) is 0 Å². The lowest BCUT2D eigenvalue weighted by Gasteiger charge is -2.16. The second-order valence-corrected chi connectivity index (χ2v) is 5.76. The van der Waals surface area contributed by atoms with Crippen LogP contribution in [0, 0.1) is 6.92 Å². The van der Waals surface area contributed by atoms with Gasteiger partial charge in [-0.3, -0.25) is 0 Å². The minimum Gasteiger partial charge on any atom is -0.300 e. The molecule has 2 aromatic heterocycles. The summed E-state index contributed by atoms with van der Waals surface area (Å²) in [6.45, 7) is 6.30. The molecule has 0 amide bonds. The molecule has 2 unspecified atom stereocenters. The summed E-state index contributed by atoms with van der Waals surface area (Å²) in [7, 11) is 0. The monoisotopic (exact) mass is 253 g/mol. The maximum Gasteiger partial charge on any atom is 0.109 e. The molecule has 3 nitrogen and oxygen atoms in total. The Morgan fingerprint density at radius 1 is 1.25 bits per heavy atom. The second-order valence-electron chi connectivity index (χ2n) is 3.77. The SMILES string of the molecule is Cc1nc(C(C)NC(C)c2nccs2)cs1. The zero-order valence-electron chi connectivity index (χ0n) is 9.60. The molecule has 0 radical (unpaired) electrons. The molecular formula is C11H15N3S2. The van der Waals surface area contributed by atoms with Gasteiger partial charge >= 0.3 is 0 Å². The molecule has 0 aliphatic rings. The molecule has 0 aromatic carbocycles. The van der Waals surface area contributed by atoms with Crippen molar-refractivity contribution in [3.05, 3.63) is 32.7 Å². The van der Waals surface area contributed by atoms with E-state index < -0.39 is 0 Å². The third kappa shape index (κ3) is 2.66. The van der Waals surface area contributed by atoms with Crippen molar-refractivity contribution in [1.29, 1.82) is 0 Å². The highest BCUT2D eigenvalue weighted by atomic mass is 32.1. The van der Waals surface area contributed by atoms with E-state index in [2.05, 4.69) is 34.5 Å². The maximum atomic E-state index is 4.48. The Bertz CT molecular complexity index is 436. The topological polar surface area (TPSA) is 37.8 Å². The summed E-state index contributed by atoms with van der Waals surface area (Å²) in [5.41, 5.74) is 1.12. The summed E-state index contributed by atoms with van der Waals surface area (Å²) >= 11 is 3.38. The van der Waals surface area contributed by atoms with E-state index in [-0.39, 0.29) is 12.1 Å². The Morgan fingerprint density at radius 3 is 2.62 bits per heavy atom. The van der Waals surface area contributed by atoms with Gasteiger partial charge in [-0.2, -0.15) is 0 Å². The van der Waals surface area contributed by atoms with Gasteiger partial charge in [0.1, 0.15) is 5.01 Å². The summed E-state index contributed by atoms with van der Waals surface area (Å²) in [4.78, 5) is 8.79. The molecular weight excluding hydrogens is 238 g/mol. The quantitative estimate of drug-likeness (QED) is 0.908. The van der Waals surface area contributed by atoms with Gasteiger partial charge in [-0.05, 0) is 20.8 Å². The molecule has 1 N–H and O–H groups in total. The lowest BCUT2D eigenvalue weighted by molar-refractivity contribution is 0.486. The molecule has 2 heterocycles. The van der Waals surface area contributed by atoms with Crippen molar-refractivity contribution >= 4 is 22.7 Å². The molecule has 0 saturated heterocycles. The summed E-state index contributed by atoms with van der Waals surface area (Å²) in [6.07, 6.45) is 1.84. The van der Waals surface area contributed by atoms with Crippen molar-refractivity contribution in [1.82, 2.24) is 15.3 Å². The van der Waals surface area contributed by atoms with Gasteiger partial charge in [0.2, 0.25) is 0 Å². The molecule has 0 spiro atoms. The Morgan fingerprint density at radius 2 is 2.06 bits per heavy atom. The van der Waals surface area contributed by atoms with Gasteiger partial charge < -0.3 is 5.32 Å². The first-order valence-corrected chi connectivity index (χ1v) is 7.00. The van der Waals surface area contributed by atoms with Gasteiger partial charge in [-0.1, -0.05) is 0 Å². The average molecular weight is 253 g/mol. The molecule has 0 fully saturated rings. The molecule has 0 aliphatic carbocycles. The molecule has 0 saturated carbocycles. The first-order valence-electron chi connectivity index (χ1n) is 5.24. The predicted molar refractivity (Wildman–Crippen MR) is 68.9 cm³/mol. The lowest BCUT2D eigenvalue weighted by Crippen LogP contribution is -2.22. The summed E-state index contributed by atoms with van der Waals surface area (Å²) in [5, 5.41) is 9.86. The average Bonchev–Trinajstić information content (AvgIpc) is 2.87. The number of aryl methyl sites for hydroxylation is 1. The summed E-state index contributed by atoms with van der Waals surface area (Å²) in [5.74, 6) is 0. The van der Waals surface area contributed by atoms with E-state index in [4.69, 9.17) is 0 Å². The smallest absolute Gasteiger partial charge is 0.109 e. The van der Waals surface area contributed by atoms with Crippen molar-refractivity contribution in [2.45, 2.75) is 32.9 Å². The van der Waals surface area contributed by atoms with Crippen LogP contribution >= 0.6 is 22.7 Å². The van der Waals surface area contributed by atoms with Gasteiger partial charge in [-0.15, -0.1) is 22.7 Å². The molecule has 2 rings (SSSR count). The van der Waals surface area contributed by atoms with Gasteiger partial charge in [0, 0.05) is 23.0 Å². The van der Waals surface area contributed by atoms with Crippen LogP contribution in [0.4, 0.5) is 0 Å². The Kier molecular flexibility index (Phi) is 3.68. The number of hydrogen-bond acceptors (Lipinski definition) is 5. The van der Waals surface area contributed by atoms with Crippen molar-refractivity contribution in [2.24, 2.45) is 0 Å². The number of nitrogens with one attached hydrogen (secondary N) is 1. The first kappa shape index (κ1) is 11.7. The lowest BCUT2D eigenvalue weighted by atomic mass is 10.2. The highest BCUT2D eigenvalue weighted by Crippen LogP contribution is 2.21. The molecule has 0 aliphatic heterocycles. The number of hydrogen-bond donors (Lipinski definition) is 1. The first-order chi connectivity index (χ1) is 7.66. The van der Waals surface area contributed by atoms with E-state index in [1.807, 2.05) is 18.5 Å². The normalized spacial score (nSPS) is 14.9. The minimum atomic E-state index is 0.267. The van der Waals surface area contributed by atoms with Crippen molar-refractivity contribution in [3.63, 3.8) is 0 Å². The Balaban J connectivity index is 2.00. The fourth-order valence-corrected chi connectivity index (χ4v) is 2.92. The fraction of sp³-hybridized carbons (Fsp3) is 0.455. The standard InChI is InChI=1S/C11H15N3S2/c1-7(10-6-16-9(3)14-10)13-8(2)11-12-4-5-15-11/h4-8,13H,1-3H3. The molecule has 2 aromatic rings. The third-order valence-corrected chi connectivity index (χ3v) is 4.15. The molecule has 2 atom stereocenters. The van der Waals surface area contributed by atoms with E-state index in [9.17, 15) is 0 Å². The van der Waals surface area contributed by atoms with Gasteiger partial charge in [0.05, 0.1) is 16.7 Å². The van der Waals surface area contributed by atoms with Gasteiger partial charge in [0.15, 0.2) is 0 Å². The van der Waals surface area contributed by atoms with Crippen LogP contribution < -0.4 is 5.32 Å². The van der Waals surface area contributed by atoms with Crippen LogP contribution in [0.1, 0.15) is 41.6 Å². The number of aromatic nitrogens is 2. The van der Waals surface area contributed by atoms with Crippen LogP contribution in [0.3, 0.4) is 0 Å². The minimum absolute atomic E-state index is 0.267. The fourth-order valence-electron chi connectivity index (χ4n) is 1.56. The highest BCUT2D eigenvalue weighted by Gasteiger charge is 2.14. The van der Waals surface area contributed by atoms with E-state index in [1.54, 1.807) is 22.7 Å². The maximum absolute atomic E-state index is 4.48. The van der Waals surface area contributed by atoms with Crippen molar-refractivity contribution < 1.29 is 0 Å². The Labute approximate surface area is 104 Å². The van der Waals surface area contributed by atoms with E-state index >= 15 is 0 Å². The van der Waals surface area contributed by atoms with Crippen LogP contribution in [0.15, 0.2) is 17.0 Å². The highest BCUT2D eigenvalue weighted by molar-refractivity contribution is 7.09. The van der Waals surface area contributed by atoms with Crippen molar-refractivity contribution in [2.75, 3.05) is 0 Å². The van der Waals surface area contributed by atoms with Crippen molar-refractivity contribution in [3.8, 4) is 0 Å². The summed E-state index contributed by atoms with van der Waals surface area (Å²) < 4.78 is 0. The van der Waals surface area contributed by atoms with E-state index in [0.29, 0.717) is 0 Å². The molecule has 16 heavy (non-hydrogen) atoms. The van der Waals surface area contributed by atoms with Gasteiger partial charge in [0.25, 0.3) is 0 Å². The zero-order valence-corrected chi connectivity index (χ0v) is 11.2. The zero-order chi connectivity index (χ0) is 11.5. The van der Waals surface area contributed by atoms with Gasteiger partial charge in [-0.25, -0.2) is 9.97 Å². The largest absolute Gasteiger partial charge is 0.300 e. The van der Waals surface area contributed by atoms with E-state index in [0.717, 1.165) is 15.7 Å². The second kappa shape index (κ2) is 5.03.